The van der Waals surface area contributed by atoms with E-state index in [1.807, 2.05) is 24.5 Å². The van der Waals surface area contributed by atoms with Gasteiger partial charge in [0, 0.05) is 31.4 Å². The highest BCUT2D eigenvalue weighted by Crippen LogP contribution is 2.29. The van der Waals surface area contributed by atoms with Crippen LogP contribution in [0.5, 0.6) is 0 Å². The molecule has 1 fully saturated rings. The smallest absolute Gasteiger partial charge is 0.414 e. The summed E-state index contributed by atoms with van der Waals surface area (Å²) < 4.78 is 7.47. The van der Waals surface area contributed by atoms with Crippen LogP contribution in [0.3, 0.4) is 0 Å². The third-order valence-corrected chi connectivity index (χ3v) is 4.65. The first-order valence-electron chi connectivity index (χ1n) is 8.50. The normalized spacial score (nSPS) is 19.0. The Hall–Kier alpha value is -2.83. The van der Waals surface area contributed by atoms with Gasteiger partial charge in [-0.05, 0) is 36.6 Å². The average molecular weight is 340 g/mol. The molecule has 2 aliphatic heterocycles. The zero-order valence-corrected chi connectivity index (χ0v) is 14.1. The second kappa shape index (κ2) is 6.23. The van der Waals surface area contributed by atoms with Crippen molar-refractivity contribution in [2.45, 2.75) is 32.3 Å². The molecule has 1 aromatic heterocycles. The number of nitrogens with zero attached hydrogens (tertiary/aromatic N) is 3. The Bertz CT molecular complexity index is 829. The average Bonchev–Trinajstić information content (AvgIpc) is 3.15. The number of nitrogens with one attached hydrogen (secondary N) is 1. The number of amides is 2. The first-order valence-corrected chi connectivity index (χ1v) is 8.50. The van der Waals surface area contributed by atoms with Crippen LogP contribution in [0.2, 0.25) is 0 Å². The Morgan fingerprint density at radius 1 is 1.40 bits per heavy atom. The van der Waals surface area contributed by atoms with Crippen LogP contribution in [0.4, 0.5) is 10.5 Å². The number of cyclic esters (lactones) is 1. The Morgan fingerprint density at radius 3 is 3.12 bits per heavy atom. The van der Waals surface area contributed by atoms with E-state index in [9.17, 15) is 9.59 Å². The monoisotopic (exact) mass is 340 g/mol. The molecule has 2 amide bonds. The predicted octanol–water partition coefficient (Wildman–Crippen LogP) is 1.82. The quantitative estimate of drug-likeness (QED) is 0.925. The third-order valence-electron chi connectivity index (χ3n) is 4.65. The minimum Gasteiger partial charge on any atom is -0.442 e. The molecule has 1 atom stereocenters. The van der Waals surface area contributed by atoms with Crippen LogP contribution in [-0.4, -0.2) is 40.7 Å². The highest BCUT2D eigenvalue weighted by Gasteiger charge is 2.32. The van der Waals surface area contributed by atoms with Crippen LogP contribution in [0.25, 0.3) is 5.69 Å². The van der Waals surface area contributed by atoms with Gasteiger partial charge in [0.15, 0.2) is 0 Å². The number of hydrogen-bond acceptors (Lipinski definition) is 4. The lowest BCUT2D eigenvalue weighted by molar-refractivity contribution is -0.119. The number of aryl methyl sites for hydroxylation is 2. The Morgan fingerprint density at radius 2 is 2.28 bits per heavy atom. The van der Waals surface area contributed by atoms with Crippen LogP contribution < -0.4 is 10.2 Å². The van der Waals surface area contributed by atoms with Crippen LogP contribution in [0, 0.1) is 0 Å². The van der Waals surface area contributed by atoms with Gasteiger partial charge in [-0.2, -0.15) is 0 Å². The lowest BCUT2D eigenvalue weighted by Crippen LogP contribution is -2.33. The summed E-state index contributed by atoms with van der Waals surface area (Å²) in [4.78, 5) is 29.3. The maximum atomic E-state index is 12.2. The van der Waals surface area contributed by atoms with E-state index in [4.69, 9.17) is 4.74 Å². The molecule has 25 heavy (non-hydrogen) atoms. The number of hydrogen-bond donors (Lipinski definition) is 1. The molecule has 0 spiro atoms. The van der Waals surface area contributed by atoms with E-state index in [0.29, 0.717) is 13.1 Å². The fraction of sp³-hybridized carbons (Fsp3) is 0.389. The van der Waals surface area contributed by atoms with Crippen LogP contribution in [0.15, 0.2) is 30.6 Å². The number of imidazole rings is 1. The summed E-state index contributed by atoms with van der Waals surface area (Å²) >= 11 is 0. The lowest BCUT2D eigenvalue weighted by atomic mass is 10.1. The zero-order valence-electron chi connectivity index (χ0n) is 14.1. The molecule has 3 heterocycles. The molecule has 1 saturated heterocycles. The van der Waals surface area contributed by atoms with Gasteiger partial charge in [-0.25, -0.2) is 9.78 Å². The van der Waals surface area contributed by atoms with E-state index >= 15 is 0 Å². The van der Waals surface area contributed by atoms with Gasteiger partial charge in [0.2, 0.25) is 5.91 Å². The molecule has 0 unspecified atom stereocenters. The highest BCUT2D eigenvalue weighted by molar-refractivity contribution is 5.90. The second-order valence-electron chi connectivity index (χ2n) is 6.43. The minimum absolute atomic E-state index is 0.129. The van der Waals surface area contributed by atoms with Gasteiger partial charge in [-0.15, -0.1) is 0 Å². The van der Waals surface area contributed by atoms with E-state index in [0.717, 1.165) is 36.5 Å². The van der Waals surface area contributed by atoms with E-state index in [1.165, 1.54) is 12.5 Å². The molecule has 2 aromatic rings. The first-order chi connectivity index (χ1) is 12.1. The third kappa shape index (κ3) is 2.97. The van der Waals surface area contributed by atoms with Crippen LogP contribution in [0.1, 0.15) is 24.7 Å². The summed E-state index contributed by atoms with van der Waals surface area (Å²) in [5.74, 6) is 0.943. The molecule has 1 aromatic carbocycles. The summed E-state index contributed by atoms with van der Waals surface area (Å²) in [7, 11) is 0. The van der Waals surface area contributed by atoms with Crippen molar-refractivity contribution >= 4 is 17.7 Å². The first kappa shape index (κ1) is 15.7. The molecular formula is C18H20N4O3. The lowest BCUT2D eigenvalue weighted by Gasteiger charge is -2.16. The van der Waals surface area contributed by atoms with Crippen molar-refractivity contribution in [2.75, 3.05) is 18.0 Å². The number of carbonyl (C=O) groups excluding carboxylic acids is 2. The van der Waals surface area contributed by atoms with Gasteiger partial charge in [0.25, 0.3) is 0 Å². The number of anilines is 1. The number of carbonyl (C=O) groups is 2. The van der Waals surface area contributed by atoms with Crippen molar-refractivity contribution in [3.05, 3.63) is 42.0 Å². The summed E-state index contributed by atoms with van der Waals surface area (Å²) in [5, 5.41) is 2.69. The zero-order chi connectivity index (χ0) is 17.4. The maximum absolute atomic E-state index is 12.2. The number of benzene rings is 1. The van der Waals surface area contributed by atoms with Crippen molar-refractivity contribution in [3.8, 4) is 5.69 Å². The van der Waals surface area contributed by atoms with Crippen LogP contribution in [-0.2, 0) is 22.4 Å². The molecule has 4 rings (SSSR count). The van der Waals surface area contributed by atoms with Gasteiger partial charge >= 0.3 is 6.09 Å². The Labute approximate surface area is 145 Å². The maximum Gasteiger partial charge on any atom is 0.414 e. The van der Waals surface area contributed by atoms with E-state index < -0.39 is 0 Å². The van der Waals surface area contributed by atoms with Crippen molar-refractivity contribution in [2.24, 2.45) is 0 Å². The molecule has 7 heteroatoms. The predicted molar refractivity (Wildman–Crippen MR) is 91.9 cm³/mol. The Kier molecular flexibility index (Phi) is 3.91. The number of aromatic nitrogens is 2. The molecule has 1 N–H and O–H groups in total. The SMILES string of the molecule is CC(=O)NC[C@H]1CN(c2ccc3c(c2)CCCc2nccn2-3)C(=O)O1. The fourth-order valence-electron chi connectivity index (χ4n) is 3.45. The van der Waals surface area contributed by atoms with Crippen molar-refractivity contribution in [3.63, 3.8) is 0 Å². The van der Waals surface area contributed by atoms with Crippen LogP contribution >= 0.6 is 0 Å². The van der Waals surface area contributed by atoms with E-state index in [1.54, 1.807) is 4.90 Å². The van der Waals surface area contributed by atoms with Crippen molar-refractivity contribution < 1.29 is 14.3 Å². The molecule has 0 saturated carbocycles. The van der Waals surface area contributed by atoms with Gasteiger partial charge in [-0.1, -0.05) is 0 Å². The van der Waals surface area contributed by atoms with Crippen molar-refractivity contribution in [1.82, 2.24) is 14.9 Å². The summed E-state index contributed by atoms with van der Waals surface area (Å²) in [5.41, 5.74) is 3.15. The standard InChI is InChI=1S/C18H20N4O3/c1-12(23)20-10-15-11-22(18(24)25-15)14-5-6-16-13(9-14)3-2-4-17-19-7-8-21(16)17/h5-9,15H,2-4,10-11H2,1H3,(H,20,23)/t15-/m0/s1. The Balaban J connectivity index is 1.58. The molecular weight excluding hydrogens is 320 g/mol. The summed E-state index contributed by atoms with van der Waals surface area (Å²) in [6, 6.07) is 6.04. The topological polar surface area (TPSA) is 76.5 Å². The second-order valence-corrected chi connectivity index (χ2v) is 6.43. The van der Waals surface area contributed by atoms with Crippen molar-refractivity contribution in [1.29, 1.82) is 0 Å². The van der Waals surface area contributed by atoms with Gasteiger partial charge in [0.05, 0.1) is 18.8 Å². The van der Waals surface area contributed by atoms with Gasteiger partial charge in [-0.3, -0.25) is 9.69 Å². The number of rotatable bonds is 3. The summed E-state index contributed by atoms with van der Waals surface area (Å²) in [6.45, 7) is 2.22. The van der Waals surface area contributed by atoms with Gasteiger partial charge < -0.3 is 14.6 Å². The van der Waals surface area contributed by atoms with E-state index in [2.05, 4.69) is 20.9 Å². The fourth-order valence-corrected chi connectivity index (χ4v) is 3.45. The molecule has 0 aliphatic carbocycles. The molecule has 130 valence electrons. The summed E-state index contributed by atoms with van der Waals surface area (Å²) in [6.07, 6.45) is 6.04. The molecule has 0 bridgehead atoms. The highest BCUT2D eigenvalue weighted by atomic mass is 16.6. The largest absolute Gasteiger partial charge is 0.442 e. The number of fused-ring (bicyclic) bond motifs is 3. The number of ether oxygens (including phenoxy) is 1. The molecule has 2 aliphatic rings. The molecule has 0 radical (unpaired) electrons. The van der Waals surface area contributed by atoms with E-state index in [-0.39, 0.29) is 18.1 Å². The minimum atomic E-state index is -0.368. The molecule has 7 nitrogen and oxygen atoms in total. The van der Waals surface area contributed by atoms with Gasteiger partial charge in [0.1, 0.15) is 11.9 Å².